The average Bonchev–Trinajstić information content (AvgIpc) is 3.54. The molecule has 1 amide bonds. The molecule has 2 aliphatic rings. The summed E-state index contributed by atoms with van der Waals surface area (Å²) < 4.78 is 22.6. The van der Waals surface area contributed by atoms with Crippen LogP contribution in [0.3, 0.4) is 0 Å². The second-order valence-electron chi connectivity index (χ2n) is 12.5. The second-order valence-corrected chi connectivity index (χ2v) is 12.5. The number of aliphatic hydroxyl groups is 1. The maximum absolute atomic E-state index is 13.4. The summed E-state index contributed by atoms with van der Waals surface area (Å²) in [7, 11) is 0. The molecule has 5 atom stereocenters. The number of hydrogen-bond acceptors (Lipinski definition) is 10. The number of hydrogen-bond donors (Lipinski definition) is 5. The van der Waals surface area contributed by atoms with Crippen LogP contribution in [0, 0.1) is 28.6 Å². The molecule has 0 bridgehead atoms. The molecule has 1 aromatic heterocycles. The fraction of sp³-hybridized carbons (Fsp3) is 0.667. The van der Waals surface area contributed by atoms with Gasteiger partial charge in [-0.1, -0.05) is 33.1 Å². The molecule has 3 rings (SSSR count). The first-order valence-electron chi connectivity index (χ1n) is 14.9. The van der Waals surface area contributed by atoms with Gasteiger partial charge in [0.15, 0.2) is 6.10 Å². The fourth-order valence-corrected chi connectivity index (χ4v) is 5.36. The number of nitrogens with zero attached hydrogens (tertiary/aromatic N) is 2. The first kappa shape index (κ1) is 34.5. The van der Waals surface area contributed by atoms with E-state index < -0.39 is 66.1 Å². The van der Waals surface area contributed by atoms with E-state index in [1.807, 2.05) is 6.07 Å². The maximum atomic E-state index is 13.4. The van der Waals surface area contributed by atoms with Crippen molar-refractivity contribution in [3.8, 4) is 6.07 Å². The van der Waals surface area contributed by atoms with E-state index in [9.17, 15) is 24.8 Å². The van der Waals surface area contributed by atoms with Crippen LogP contribution in [0.25, 0.3) is 0 Å². The van der Waals surface area contributed by atoms with Crippen molar-refractivity contribution in [1.82, 2.24) is 10.3 Å². The lowest BCUT2D eigenvalue weighted by Gasteiger charge is -2.28. The van der Waals surface area contributed by atoms with Crippen molar-refractivity contribution in [2.45, 2.75) is 109 Å². The number of esters is 2. The Balaban J connectivity index is 1.87. The lowest BCUT2D eigenvalue weighted by atomic mass is 9.87. The van der Waals surface area contributed by atoms with Crippen molar-refractivity contribution in [3.63, 3.8) is 0 Å². The van der Waals surface area contributed by atoms with E-state index >= 15 is 0 Å². The van der Waals surface area contributed by atoms with E-state index in [0.717, 1.165) is 38.4 Å². The van der Waals surface area contributed by atoms with Gasteiger partial charge in [-0.2, -0.15) is 5.26 Å². The highest BCUT2D eigenvalue weighted by Gasteiger charge is 2.59. The summed E-state index contributed by atoms with van der Waals surface area (Å²) in [6, 6.07) is 3.75. The summed E-state index contributed by atoms with van der Waals surface area (Å²) in [5.74, 6) is -1.63. The molecular formula is C30H44N6O8. The smallest absolute Gasteiger partial charge is 0.408 e. The average molecular weight is 617 g/mol. The zero-order chi connectivity index (χ0) is 32.7. The van der Waals surface area contributed by atoms with Crippen LogP contribution < -0.4 is 11.1 Å². The molecule has 1 aromatic rings. The van der Waals surface area contributed by atoms with Crippen LogP contribution >= 0.6 is 0 Å². The minimum absolute atomic E-state index is 0.0454. The number of aliphatic imine (C=N–C) groups is 1. The summed E-state index contributed by atoms with van der Waals surface area (Å²) in [4.78, 5) is 45.2. The Morgan fingerprint density at radius 2 is 1.98 bits per heavy atom. The number of ether oxygens (including phenoxy) is 4. The molecule has 0 spiro atoms. The maximum Gasteiger partial charge on any atom is 0.408 e. The van der Waals surface area contributed by atoms with E-state index in [2.05, 4.69) is 15.3 Å². The molecule has 6 N–H and O–H groups in total. The molecule has 242 valence electrons. The Morgan fingerprint density at radius 3 is 2.57 bits per heavy atom. The van der Waals surface area contributed by atoms with Gasteiger partial charge in [0.1, 0.15) is 48.7 Å². The third-order valence-corrected chi connectivity index (χ3v) is 7.60. The first-order valence-corrected chi connectivity index (χ1v) is 14.9. The van der Waals surface area contributed by atoms with Crippen LogP contribution in [0.1, 0.15) is 84.5 Å². The minimum Gasteiger partial charge on any atom is -0.463 e. The standard InChI is InChI=1S/C30H44N6O8/c1-17(2)23(36-28(40)44-29(3,4)5)27(39)42-24-20(14-41-22(37)13-18-9-7-6-8-10-18)43-30(15-31,25(24)38)21-12-11-19(35-21)26(33)34-16-32/h11-12,16-18,20,23-25,35,38H,6-10,13-14H2,1-5H3,(H,36,40)(H3,32,33,34)/t20-,23+,24-,25-,30?/m1/s1. The van der Waals surface area contributed by atoms with Gasteiger partial charge in [-0.05, 0) is 57.6 Å². The topological polar surface area (TPSA) is 222 Å². The Kier molecular flexibility index (Phi) is 11.5. The number of amidine groups is 1. The second kappa shape index (κ2) is 14.7. The number of nitriles is 1. The highest BCUT2D eigenvalue weighted by atomic mass is 16.6. The summed E-state index contributed by atoms with van der Waals surface area (Å²) in [5.41, 5.74) is 3.30. The number of carbonyl (C=O) groups excluding carboxylic acids is 3. The van der Waals surface area contributed by atoms with Gasteiger partial charge in [0.2, 0.25) is 5.60 Å². The SMILES string of the molecule is CC(C)[C@H](NC(=O)OC(C)(C)C)C(=O)O[C@H]1[C@@H](O)C(C#N)(c2ccc(/C(N)=N\C=N)[nH]2)O[C@@H]1COC(=O)CC1CCCCC1. The van der Waals surface area contributed by atoms with Crippen LogP contribution in [0.15, 0.2) is 17.1 Å². The molecule has 1 unspecified atom stereocenters. The lowest BCUT2D eigenvalue weighted by molar-refractivity contribution is -0.163. The Morgan fingerprint density at radius 1 is 1.30 bits per heavy atom. The highest BCUT2D eigenvalue weighted by Crippen LogP contribution is 2.41. The van der Waals surface area contributed by atoms with Crippen LogP contribution in [0.5, 0.6) is 0 Å². The van der Waals surface area contributed by atoms with Gasteiger partial charge >= 0.3 is 18.0 Å². The Labute approximate surface area is 257 Å². The number of aromatic nitrogens is 1. The predicted molar refractivity (Wildman–Crippen MR) is 158 cm³/mol. The molecule has 1 aliphatic carbocycles. The lowest BCUT2D eigenvalue weighted by Crippen LogP contribution is -2.50. The molecule has 1 saturated carbocycles. The number of carbonyl (C=O) groups is 3. The van der Waals surface area contributed by atoms with E-state index in [4.69, 9.17) is 30.1 Å². The number of alkyl carbamates (subject to hydrolysis) is 1. The summed E-state index contributed by atoms with van der Waals surface area (Å²) >= 11 is 0. The van der Waals surface area contributed by atoms with Gasteiger partial charge < -0.3 is 40.1 Å². The number of nitrogens with two attached hydrogens (primary N) is 1. The number of rotatable bonds is 11. The molecule has 1 saturated heterocycles. The number of aliphatic hydroxyl groups excluding tert-OH is 1. The van der Waals surface area contributed by atoms with Crippen molar-refractivity contribution in [2.75, 3.05) is 6.61 Å². The third-order valence-electron chi connectivity index (χ3n) is 7.60. The predicted octanol–water partition coefficient (Wildman–Crippen LogP) is 2.78. The van der Waals surface area contributed by atoms with Gasteiger partial charge in [-0.3, -0.25) is 10.2 Å². The summed E-state index contributed by atoms with van der Waals surface area (Å²) in [6.45, 7) is 8.02. The number of nitrogens with one attached hydrogen (secondary N) is 3. The highest BCUT2D eigenvalue weighted by molar-refractivity contribution is 5.99. The largest absolute Gasteiger partial charge is 0.463 e. The van der Waals surface area contributed by atoms with Crippen molar-refractivity contribution < 1.29 is 38.4 Å². The van der Waals surface area contributed by atoms with Crippen LogP contribution in [-0.4, -0.2) is 76.9 Å². The van der Waals surface area contributed by atoms with E-state index in [-0.39, 0.29) is 29.6 Å². The zero-order valence-electron chi connectivity index (χ0n) is 25.9. The van der Waals surface area contributed by atoms with Gasteiger partial charge in [-0.15, -0.1) is 0 Å². The summed E-state index contributed by atoms with van der Waals surface area (Å²) in [6.07, 6.45) is 0.813. The van der Waals surface area contributed by atoms with Crippen LogP contribution in [0.4, 0.5) is 4.79 Å². The van der Waals surface area contributed by atoms with Crippen LogP contribution in [0.2, 0.25) is 0 Å². The van der Waals surface area contributed by atoms with Crippen molar-refractivity contribution in [3.05, 3.63) is 23.5 Å². The monoisotopic (exact) mass is 616 g/mol. The van der Waals surface area contributed by atoms with E-state index in [1.165, 1.54) is 12.1 Å². The molecule has 0 aromatic carbocycles. The van der Waals surface area contributed by atoms with Gasteiger partial charge in [0.25, 0.3) is 0 Å². The number of H-pyrrole nitrogens is 1. The normalized spacial score (nSPS) is 25.1. The summed E-state index contributed by atoms with van der Waals surface area (Å²) in [5, 5.41) is 31.5. The van der Waals surface area contributed by atoms with Crippen LogP contribution in [-0.2, 0) is 34.1 Å². The van der Waals surface area contributed by atoms with E-state index in [0.29, 0.717) is 0 Å². The van der Waals surface area contributed by atoms with Gasteiger partial charge in [0, 0.05) is 6.42 Å². The molecule has 1 aliphatic heterocycles. The number of amides is 1. The van der Waals surface area contributed by atoms with Crippen molar-refractivity contribution in [2.24, 2.45) is 22.6 Å². The third kappa shape index (κ3) is 8.57. The Bertz CT molecular complexity index is 1260. The minimum atomic E-state index is -2.08. The molecule has 14 nitrogen and oxygen atoms in total. The molecule has 0 radical (unpaired) electrons. The molecule has 2 heterocycles. The quantitative estimate of drug-likeness (QED) is 0.106. The molecule has 2 fully saturated rings. The Hall–Kier alpha value is -3.96. The zero-order valence-corrected chi connectivity index (χ0v) is 25.9. The van der Waals surface area contributed by atoms with Crippen molar-refractivity contribution in [1.29, 1.82) is 10.7 Å². The molecular weight excluding hydrogens is 572 g/mol. The van der Waals surface area contributed by atoms with E-state index in [1.54, 1.807) is 34.6 Å². The first-order chi connectivity index (χ1) is 20.7. The fourth-order valence-electron chi connectivity index (χ4n) is 5.36. The van der Waals surface area contributed by atoms with Gasteiger partial charge in [0.05, 0.1) is 11.4 Å². The molecule has 44 heavy (non-hydrogen) atoms. The molecule has 14 heteroatoms. The number of aromatic amines is 1. The van der Waals surface area contributed by atoms with Crippen molar-refractivity contribution >= 4 is 30.2 Å². The van der Waals surface area contributed by atoms with Gasteiger partial charge in [-0.25, -0.2) is 14.6 Å².